The van der Waals surface area contributed by atoms with E-state index in [-0.39, 0.29) is 11.7 Å². The number of hydrogen-bond acceptors (Lipinski definition) is 6. The first kappa shape index (κ1) is 19.9. The van der Waals surface area contributed by atoms with Crippen LogP contribution in [0.3, 0.4) is 0 Å². The van der Waals surface area contributed by atoms with E-state index in [0.717, 1.165) is 11.3 Å². The molecule has 6 nitrogen and oxygen atoms in total. The Morgan fingerprint density at radius 2 is 1.82 bits per heavy atom. The predicted octanol–water partition coefficient (Wildman–Crippen LogP) is 3.87. The standard InChI is InChI=1S/C21H23N3O3S/c1-3-26-20(25)15-28-21-23-22-19(14-27-18-11-9-16(2)10-12-18)24(21)13-17-7-5-4-6-8-17/h4-12H,3,13-15H2,1-2H3. The molecule has 1 aromatic heterocycles. The Balaban J connectivity index is 1.75. The van der Waals surface area contributed by atoms with Crippen LogP contribution in [0.25, 0.3) is 0 Å². The van der Waals surface area contributed by atoms with Crippen molar-refractivity contribution in [2.45, 2.75) is 32.2 Å². The molecule has 3 aromatic rings. The summed E-state index contributed by atoms with van der Waals surface area (Å²) >= 11 is 1.32. The Kier molecular flexibility index (Phi) is 7.08. The third-order valence-electron chi connectivity index (χ3n) is 3.99. The van der Waals surface area contributed by atoms with E-state index in [4.69, 9.17) is 9.47 Å². The Bertz CT molecular complexity index is 895. The van der Waals surface area contributed by atoms with Gasteiger partial charge in [0.1, 0.15) is 12.4 Å². The van der Waals surface area contributed by atoms with Crippen molar-refractivity contribution in [1.29, 1.82) is 0 Å². The number of esters is 1. The lowest BCUT2D eigenvalue weighted by molar-refractivity contribution is -0.139. The van der Waals surface area contributed by atoms with Gasteiger partial charge in [0, 0.05) is 0 Å². The summed E-state index contributed by atoms with van der Waals surface area (Å²) in [6.45, 7) is 5.09. The first-order chi connectivity index (χ1) is 13.7. The van der Waals surface area contributed by atoms with Gasteiger partial charge in [-0.3, -0.25) is 9.36 Å². The highest BCUT2D eigenvalue weighted by atomic mass is 32.2. The first-order valence-electron chi connectivity index (χ1n) is 9.09. The molecule has 0 amide bonds. The van der Waals surface area contributed by atoms with E-state index in [1.165, 1.54) is 17.3 Å². The molecule has 0 aliphatic rings. The molecule has 0 aliphatic carbocycles. The fourth-order valence-electron chi connectivity index (χ4n) is 2.57. The van der Waals surface area contributed by atoms with Gasteiger partial charge < -0.3 is 9.47 Å². The van der Waals surface area contributed by atoms with Crippen molar-refractivity contribution in [1.82, 2.24) is 14.8 Å². The number of aromatic nitrogens is 3. The smallest absolute Gasteiger partial charge is 0.316 e. The SMILES string of the molecule is CCOC(=O)CSc1nnc(COc2ccc(C)cc2)n1Cc1ccccc1. The molecule has 0 saturated carbocycles. The fraction of sp³-hybridized carbons (Fsp3) is 0.286. The van der Waals surface area contributed by atoms with Gasteiger partial charge >= 0.3 is 5.97 Å². The van der Waals surface area contributed by atoms with E-state index in [0.29, 0.717) is 30.7 Å². The molecular weight excluding hydrogens is 374 g/mol. The predicted molar refractivity (Wildman–Crippen MR) is 108 cm³/mol. The summed E-state index contributed by atoms with van der Waals surface area (Å²) in [6.07, 6.45) is 0. The minimum atomic E-state index is -0.265. The van der Waals surface area contributed by atoms with Crippen LogP contribution < -0.4 is 4.74 Å². The van der Waals surface area contributed by atoms with Crippen molar-refractivity contribution in [3.63, 3.8) is 0 Å². The second-order valence-corrected chi connectivity index (χ2v) is 7.11. The lowest BCUT2D eigenvalue weighted by Gasteiger charge is -2.11. The van der Waals surface area contributed by atoms with Crippen LogP contribution in [0, 0.1) is 6.92 Å². The number of rotatable bonds is 9. The number of aryl methyl sites for hydroxylation is 1. The van der Waals surface area contributed by atoms with Gasteiger partial charge in [-0.15, -0.1) is 10.2 Å². The van der Waals surface area contributed by atoms with Gasteiger partial charge in [-0.2, -0.15) is 0 Å². The number of carbonyl (C=O) groups excluding carboxylic acids is 1. The average Bonchev–Trinajstić information content (AvgIpc) is 3.08. The van der Waals surface area contributed by atoms with Gasteiger partial charge in [-0.25, -0.2) is 0 Å². The van der Waals surface area contributed by atoms with Crippen LogP contribution in [0.5, 0.6) is 5.75 Å². The second-order valence-electron chi connectivity index (χ2n) is 6.17. The molecule has 0 radical (unpaired) electrons. The molecular formula is C21H23N3O3S. The highest BCUT2D eigenvalue weighted by Crippen LogP contribution is 2.20. The average molecular weight is 398 g/mol. The van der Waals surface area contributed by atoms with Gasteiger partial charge in [0.2, 0.25) is 0 Å². The highest BCUT2D eigenvalue weighted by molar-refractivity contribution is 7.99. The van der Waals surface area contributed by atoms with E-state index in [1.54, 1.807) is 6.92 Å². The van der Waals surface area contributed by atoms with Crippen LogP contribution in [0.4, 0.5) is 0 Å². The maximum atomic E-state index is 11.7. The zero-order valence-electron chi connectivity index (χ0n) is 16.0. The quantitative estimate of drug-likeness (QED) is 0.403. The summed E-state index contributed by atoms with van der Waals surface area (Å²) in [4.78, 5) is 11.7. The topological polar surface area (TPSA) is 66.2 Å². The van der Waals surface area contributed by atoms with Crippen molar-refractivity contribution in [2.24, 2.45) is 0 Å². The maximum absolute atomic E-state index is 11.7. The van der Waals surface area contributed by atoms with Gasteiger partial charge in [0.25, 0.3) is 0 Å². The third kappa shape index (κ3) is 5.60. The summed E-state index contributed by atoms with van der Waals surface area (Å²) < 4.78 is 12.9. The van der Waals surface area contributed by atoms with E-state index in [2.05, 4.69) is 10.2 Å². The van der Waals surface area contributed by atoms with Crippen LogP contribution in [0.2, 0.25) is 0 Å². The molecule has 0 saturated heterocycles. The van der Waals surface area contributed by atoms with Crippen LogP contribution in [0.15, 0.2) is 59.8 Å². The molecule has 0 bridgehead atoms. The number of carbonyl (C=O) groups is 1. The normalized spacial score (nSPS) is 10.6. The zero-order chi connectivity index (χ0) is 19.8. The third-order valence-corrected chi connectivity index (χ3v) is 4.93. The number of nitrogens with zero attached hydrogens (tertiary/aromatic N) is 3. The van der Waals surface area contributed by atoms with Gasteiger partial charge in [-0.1, -0.05) is 59.8 Å². The monoisotopic (exact) mass is 397 g/mol. The maximum Gasteiger partial charge on any atom is 0.316 e. The van der Waals surface area contributed by atoms with Crippen molar-refractivity contribution < 1.29 is 14.3 Å². The Morgan fingerprint density at radius 1 is 1.07 bits per heavy atom. The van der Waals surface area contributed by atoms with Crippen LogP contribution in [0.1, 0.15) is 23.9 Å². The largest absolute Gasteiger partial charge is 0.486 e. The van der Waals surface area contributed by atoms with Crippen LogP contribution >= 0.6 is 11.8 Å². The Morgan fingerprint density at radius 3 is 2.54 bits per heavy atom. The van der Waals surface area contributed by atoms with Gasteiger partial charge in [0.05, 0.1) is 18.9 Å². The lowest BCUT2D eigenvalue weighted by atomic mass is 10.2. The van der Waals surface area contributed by atoms with Crippen LogP contribution in [-0.4, -0.2) is 33.1 Å². The fourth-order valence-corrected chi connectivity index (χ4v) is 3.32. The van der Waals surface area contributed by atoms with Gasteiger partial charge in [-0.05, 0) is 31.5 Å². The molecule has 1 heterocycles. The second kappa shape index (κ2) is 9.94. The molecule has 0 spiro atoms. The van der Waals surface area contributed by atoms with Crippen molar-refractivity contribution in [2.75, 3.05) is 12.4 Å². The Hall–Kier alpha value is -2.80. The molecule has 0 unspecified atom stereocenters. The number of hydrogen-bond donors (Lipinski definition) is 0. The molecule has 2 aromatic carbocycles. The molecule has 28 heavy (non-hydrogen) atoms. The van der Waals surface area contributed by atoms with E-state index >= 15 is 0 Å². The summed E-state index contributed by atoms with van der Waals surface area (Å²) in [5.41, 5.74) is 2.30. The molecule has 0 fully saturated rings. The number of benzene rings is 2. The van der Waals surface area contributed by atoms with Crippen molar-refractivity contribution in [3.8, 4) is 5.75 Å². The minimum Gasteiger partial charge on any atom is -0.486 e. The Labute approximate surface area is 168 Å². The first-order valence-corrected chi connectivity index (χ1v) is 10.1. The minimum absolute atomic E-state index is 0.194. The summed E-state index contributed by atoms with van der Waals surface area (Å²) in [5.74, 6) is 1.41. The summed E-state index contributed by atoms with van der Waals surface area (Å²) in [6, 6.07) is 17.9. The molecule has 0 aliphatic heterocycles. The number of thioether (sulfide) groups is 1. The number of ether oxygens (including phenoxy) is 2. The molecule has 0 atom stereocenters. The lowest BCUT2D eigenvalue weighted by Crippen LogP contribution is -2.11. The summed E-state index contributed by atoms with van der Waals surface area (Å²) in [7, 11) is 0. The van der Waals surface area contributed by atoms with Gasteiger partial charge in [0.15, 0.2) is 11.0 Å². The van der Waals surface area contributed by atoms with Crippen molar-refractivity contribution in [3.05, 3.63) is 71.5 Å². The molecule has 7 heteroatoms. The molecule has 146 valence electrons. The summed E-state index contributed by atoms with van der Waals surface area (Å²) in [5, 5.41) is 9.21. The highest BCUT2D eigenvalue weighted by Gasteiger charge is 2.15. The molecule has 3 rings (SSSR count). The van der Waals surface area contributed by atoms with Crippen LogP contribution in [-0.2, 0) is 22.7 Å². The van der Waals surface area contributed by atoms with Crippen molar-refractivity contribution >= 4 is 17.7 Å². The van der Waals surface area contributed by atoms with E-state index in [1.807, 2.05) is 66.1 Å². The van der Waals surface area contributed by atoms with E-state index < -0.39 is 0 Å². The van der Waals surface area contributed by atoms with E-state index in [9.17, 15) is 4.79 Å². The molecule has 0 N–H and O–H groups in total. The zero-order valence-corrected chi connectivity index (χ0v) is 16.8.